The summed E-state index contributed by atoms with van der Waals surface area (Å²) in [5, 5.41) is 5.83. The third-order valence-corrected chi connectivity index (χ3v) is 2.18. The lowest BCUT2D eigenvalue weighted by Crippen LogP contribution is -2.35. The number of nitrogens with one attached hydrogen (secondary N) is 1. The van der Waals surface area contributed by atoms with Gasteiger partial charge in [-0.15, -0.1) is 11.3 Å². The van der Waals surface area contributed by atoms with Crippen molar-refractivity contribution in [2.24, 2.45) is 5.73 Å². The Morgan fingerprint density at radius 2 is 2.46 bits per heavy atom. The van der Waals surface area contributed by atoms with Gasteiger partial charge in [-0.25, -0.2) is 4.98 Å². The SMILES string of the molecule is CC(C)(CC(N)=O)Nc1nccs1. The van der Waals surface area contributed by atoms with Crippen molar-refractivity contribution >= 4 is 22.4 Å². The maximum absolute atomic E-state index is 10.7. The van der Waals surface area contributed by atoms with Crippen LogP contribution < -0.4 is 11.1 Å². The van der Waals surface area contributed by atoms with Crippen LogP contribution in [0.5, 0.6) is 0 Å². The monoisotopic (exact) mass is 199 g/mol. The zero-order valence-electron chi connectivity index (χ0n) is 7.70. The molecule has 1 aromatic heterocycles. The van der Waals surface area contributed by atoms with Gasteiger partial charge in [-0.2, -0.15) is 0 Å². The van der Waals surface area contributed by atoms with E-state index in [0.29, 0.717) is 6.42 Å². The number of rotatable bonds is 4. The summed E-state index contributed by atoms with van der Waals surface area (Å²) in [6.45, 7) is 3.83. The largest absolute Gasteiger partial charge is 0.370 e. The summed E-state index contributed by atoms with van der Waals surface area (Å²) < 4.78 is 0. The average molecular weight is 199 g/mol. The minimum Gasteiger partial charge on any atom is -0.370 e. The van der Waals surface area contributed by atoms with Crippen molar-refractivity contribution < 1.29 is 4.79 Å². The van der Waals surface area contributed by atoms with Crippen LogP contribution in [0.1, 0.15) is 20.3 Å². The fraction of sp³-hybridized carbons (Fsp3) is 0.500. The van der Waals surface area contributed by atoms with Crippen molar-refractivity contribution in [2.45, 2.75) is 25.8 Å². The lowest BCUT2D eigenvalue weighted by molar-refractivity contribution is -0.118. The molecule has 0 bridgehead atoms. The first-order valence-electron chi connectivity index (χ1n) is 3.95. The van der Waals surface area contributed by atoms with Crippen molar-refractivity contribution in [3.8, 4) is 0 Å². The van der Waals surface area contributed by atoms with Gasteiger partial charge in [0.2, 0.25) is 5.91 Å². The van der Waals surface area contributed by atoms with Crippen LogP contribution in [0.4, 0.5) is 5.13 Å². The number of carbonyl (C=O) groups is 1. The van der Waals surface area contributed by atoms with Crippen molar-refractivity contribution in [2.75, 3.05) is 5.32 Å². The molecule has 0 unspecified atom stereocenters. The van der Waals surface area contributed by atoms with Gasteiger partial charge in [0, 0.05) is 23.5 Å². The van der Waals surface area contributed by atoms with Crippen LogP contribution in [0.2, 0.25) is 0 Å². The summed E-state index contributed by atoms with van der Waals surface area (Å²) in [7, 11) is 0. The Morgan fingerprint density at radius 3 is 2.92 bits per heavy atom. The van der Waals surface area contributed by atoms with Gasteiger partial charge in [0.05, 0.1) is 0 Å². The van der Waals surface area contributed by atoms with E-state index in [-0.39, 0.29) is 11.4 Å². The quantitative estimate of drug-likeness (QED) is 0.765. The molecule has 0 saturated carbocycles. The maximum atomic E-state index is 10.7. The number of hydrogen-bond acceptors (Lipinski definition) is 4. The van der Waals surface area contributed by atoms with E-state index in [2.05, 4.69) is 10.3 Å². The maximum Gasteiger partial charge on any atom is 0.219 e. The molecule has 3 N–H and O–H groups in total. The van der Waals surface area contributed by atoms with E-state index in [4.69, 9.17) is 5.73 Å². The number of anilines is 1. The second kappa shape index (κ2) is 3.74. The number of aromatic nitrogens is 1. The number of thiazole rings is 1. The number of carbonyl (C=O) groups excluding carboxylic acids is 1. The highest BCUT2D eigenvalue weighted by Crippen LogP contribution is 2.19. The van der Waals surface area contributed by atoms with E-state index in [1.54, 1.807) is 6.20 Å². The van der Waals surface area contributed by atoms with Crippen LogP contribution in [0.3, 0.4) is 0 Å². The molecule has 1 aromatic rings. The Kier molecular flexibility index (Phi) is 2.87. The van der Waals surface area contributed by atoms with Crippen LogP contribution in [0, 0.1) is 0 Å². The second-order valence-electron chi connectivity index (χ2n) is 3.49. The van der Waals surface area contributed by atoms with Gasteiger partial charge in [-0.1, -0.05) is 0 Å². The van der Waals surface area contributed by atoms with Crippen molar-refractivity contribution in [1.82, 2.24) is 4.98 Å². The van der Waals surface area contributed by atoms with E-state index in [1.165, 1.54) is 11.3 Å². The van der Waals surface area contributed by atoms with Crippen LogP contribution >= 0.6 is 11.3 Å². The lowest BCUT2D eigenvalue weighted by atomic mass is 10.0. The summed E-state index contributed by atoms with van der Waals surface area (Å²) in [4.78, 5) is 14.8. The van der Waals surface area contributed by atoms with E-state index < -0.39 is 0 Å². The molecule has 0 aromatic carbocycles. The highest BCUT2D eigenvalue weighted by atomic mass is 32.1. The predicted octanol–water partition coefficient (Wildman–Crippen LogP) is 1.21. The van der Waals surface area contributed by atoms with E-state index in [0.717, 1.165) is 5.13 Å². The molecule has 72 valence electrons. The number of amides is 1. The van der Waals surface area contributed by atoms with Crippen LogP contribution in [0.15, 0.2) is 11.6 Å². The van der Waals surface area contributed by atoms with E-state index in [1.807, 2.05) is 19.2 Å². The first-order valence-corrected chi connectivity index (χ1v) is 4.83. The normalized spacial score (nSPS) is 11.2. The summed E-state index contributed by atoms with van der Waals surface area (Å²) in [5.41, 5.74) is 4.78. The Bertz CT molecular complexity index is 282. The molecule has 0 saturated heterocycles. The number of primary amides is 1. The van der Waals surface area contributed by atoms with Gasteiger partial charge in [-0.05, 0) is 13.8 Å². The molecule has 0 spiro atoms. The molecule has 5 heteroatoms. The van der Waals surface area contributed by atoms with Crippen molar-refractivity contribution in [1.29, 1.82) is 0 Å². The van der Waals surface area contributed by atoms with Crippen molar-refractivity contribution in [3.05, 3.63) is 11.6 Å². The summed E-state index contributed by atoms with van der Waals surface area (Å²) in [6, 6.07) is 0. The molecule has 0 radical (unpaired) electrons. The topological polar surface area (TPSA) is 68.0 Å². The first kappa shape index (κ1) is 9.98. The minimum absolute atomic E-state index is 0.298. The molecule has 13 heavy (non-hydrogen) atoms. The number of hydrogen-bond donors (Lipinski definition) is 2. The number of nitrogens with zero attached hydrogens (tertiary/aromatic N) is 1. The first-order chi connectivity index (χ1) is 5.99. The molecular formula is C8H13N3OS. The highest BCUT2D eigenvalue weighted by Gasteiger charge is 2.20. The van der Waals surface area contributed by atoms with Crippen LogP contribution in [-0.2, 0) is 4.79 Å². The fourth-order valence-electron chi connectivity index (χ4n) is 1.05. The smallest absolute Gasteiger partial charge is 0.219 e. The van der Waals surface area contributed by atoms with Gasteiger partial charge >= 0.3 is 0 Å². The molecule has 1 rings (SSSR count). The molecule has 0 aliphatic heterocycles. The van der Waals surface area contributed by atoms with E-state index in [9.17, 15) is 4.79 Å². The molecule has 1 heterocycles. The molecule has 0 aliphatic rings. The van der Waals surface area contributed by atoms with Crippen LogP contribution in [0.25, 0.3) is 0 Å². The Balaban J connectivity index is 2.56. The average Bonchev–Trinajstić information content (AvgIpc) is 2.34. The van der Waals surface area contributed by atoms with Gasteiger partial charge in [0.25, 0.3) is 0 Å². The minimum atomic E-state index is -0.330. The highest BCUT2D eigenvalue weighted by molar-refractivity contribution is 7.13. The predicted molar refractivity (Wildman–Crippen MR) is 53.6 cm³/mol. The molecular weight excluding hydrogens is 186 g/mol. The fourth-order valence-corrected chi connectivity index (χ4v) is 1.76. The molecule has 4 nitrogen and oxygen atoms in total. The van der Waals surface area contributed by atoms with Gasteiger partial charge in [0.1, 0.15) is 0 Å². The molecule has 0 aliphatic carbocycles. The molecule has 1 amide bonds. The van der Waals surface area contributed by atoms with Gasteiger partial charge < -0.3 is 11.1 Å². The van der Waals surface area contributed by atoms with Crippen molar-refractivity contribution in [3.63, 3.8) is 0 Å². The zero-order valence-corrected chi connectivity index (χ0v) is 8.52. The standard InChI is InChI=1S/C8H13N3OS/c1-8(2,5-6(9)12)11-7-10-3-4-13-7/h3-4H,5H2,1-2H3,(H2,9,12)(H,10,11). The Labute approximate surface area is 81.2 Å². The zero-order chi connectivity index (χ0) is 9.90. The molecule has 0 fully saturated rings. The summed E-state index contributed by atoms with van der Waals surface area (Å²) >= 11 is 1.50. The van der Waals surface area contributed by atoms with E-state index >= 15 is 0 Å². The van der Waals surface area contributed by atoms with Gasteiger partial charge in [-0.3, -0.25) is 4.79 Å². The summed E-state index contributed by atoms with van der Waals surface area (Å²) in [5.74, 6) is -0.311. The number of nitrogens with two attached hydrogens (primary N) is 1. The van der Waals surface area contributed by atoms with Gasteiger partial charge in [0.15, 0.2) is 5.13 Å². The Morgan fingerprint density at radius 1 is 1.77 bits per heavy atom. The Hall–Kier alpha value is -1.10. The lowest BCUT2D eigenvalue weighted by Gasteiger charge is -2.23. The third kappa shape index (κ3) is 3.42. The second-order valence-corrected chi connectivity index (χ2v) is 4.38. The molecule has 0 atom stereocenters. The van der Waals surface area contributed by atoms with Crippen LogP contribution in [-0.4, -0.2) is 16.4 Å². The third-order valence-electron chi connectivity index (χ3n) is 1.49. The summed E-state index contributed by atoms with van der Waals surface area (Å²) in [6.07, 6.45) is 2.01.